The highest BCUT2D eigenvalue weighted by Gasteiger charge is 2.17. The minimum absolute atomic E-state index is 0.0975. The molecule has 1 heterocycles. The van der Waals surface area contributed by atoms with Crippen LogP contribution in [0.25, 0.3) is 0 Å². The molecular formula is C13H23N3O2. The van der Waals surface area contributed by atoms with E-state index in [1.807, 2.05) is 0 Å². The van der Waals surface area contributed by atoms with Gasteiger partial charge in [-0.05, 0) is 19.9 Å². The number of unbranched alkanes of at least 4 members (excludes halogenated alkanes) is 1. The van der Waals surface area contributed by atoms with Crippen molar-refractivity contribution in [2.75, 3.05) is 13.7 Å². The molecule has 0 unspecified atom stereocenters. The topological polar surface area (TPSA) is 78.3 Å². The number of nitrogens with one attached hydrogen (secondary N) is 1. The summed E-state index contributed by atoms with van der Waals surface area (Å²) in [5, 5.41) is 21.8. The zero-order valence-corrected chi connectivity index (χ0v) is 11.1. The summed E-state index contributed by atoms with van der Waals surface area (Å²) in [5.41, 5.74) is 1.74. The second-order valence-corrected chi connectivity index (χ2v) is 4.45. The van der Waals surface area contributed by atoms with E-state index >= 15 is 0 Å². The number of hydrogen-bond donors (Lipinski definition) is 3. The Morgan fingerprint density at radius 2 is 1.94 bits per heavy atom. The molecule has 18 heavy (non-hydrogen) atoms. The van der Waals surface area contributed by atoms with Gasteiger partial charge in [-0.3, -0.25) is 9.97 Å². The standard InChI is InChI=1S/C13H23N3O2/c1-3-4-5-10-7-16-11(8-15-10)6-13(18)12(9-17)14-2/h7-8,12-14,17-18H,3-6,9H2,1-2H3/t12-,13-/m1/s1. The van der Waals surface area contributed by atoms with E-state index in [2.05, 4.69) is 22.2 Å². The Balaban J connectivity index is 2.52. The maximum atomic E-state index is 9.88. The average molecular weight is 253 g/mol. The van der Waals surface area contributed by atoms with Crippen LogP contribution in [0, 0.1) is 0 Å². The van der Waals surface area contributed by atoms with Gasteiger partial charge in [-0.1, -0.05) is 13.3 Å². The van der Waals surface area contributed by atoms with Gasteiger partial charge in [0.25, 0.3) is 0 Å². The van der Waals surface area contributed by atoms with E-state index in [0.717, 1.165) is 30.7 Å². The summed E-state index contributed by atoms with van der Waals surface area (Å²) in [4.78, 5) is 8.61. The van der Waals surface area contributed by atoms with Crippen molar-refractivity contribution < 1.29 is 10.2 Å². The quantitative estimate of drug-likeness (QED) is 0.621. The second-order valence-electron chi connectivity index (χ2n) is 4.45. The van der Waals surface area contributed by atoms with E-state index in [0.29, 0.717) is 6.42 Å². The van der Waals surface area contributed by atoms with Crippen molar-refractivity contribution in [3.8, 4) is 0 Å². The summed E-state index contributed by atoms with van der Waals surface area (Å²) in [7, 11) is 1.71. The maximum absolute atomic E-state index is 9.88. The molecule has 0 aliphatic heterocycles. The van der Waals surface area contributed by atoms with Gasteiger partial charge >= 0.3 is 0 Å². The SMILES string of the molecule is CCCCc1cnc(C[C@@H](O)[C@@H](CO)NC)cn1. The van der Waals surface area contributed by atoms with Crippen LogP contribution in [0.1, 0.15) is 31.2 Å². The molecule has 0 radical (unpaired) electrons. The maximum Gasteiger partial charge on any atom is 0.0771 e. The zero-order chi connectivity index (χ0) is 13.4. The summed E-state index contributed by atoms with van der Waals surface area (Å²) in [6, 6.07) is -0.327. The predicted octanol–water partition coefficient (Wildman–Crippen LogP) is 0.303. The molecule has 0 aliphatic carbocycles. The van der Waals surface area contributed by atoms with Crippen molar-refractivity contribution in [1.82, 2.24) is 15.3 Å². The molecule has 0 saturated heterocycles. The van der Waals surface area contributed by atoms with Crippen LogP contribution in [0.5, 0.6) is 0 Å². The van der Waals surface area contributed by atoms with Crippen LogP contribution in [0.15, 0.2) is 12.4 Å². The van der Waals surface area contributed by atoms with E-state index in [9.17, 15) is 5.11 Å². The first-order chi connectivity index (χ1) is 8.71. The van der Waals surface area contributed by atoms with Gasteiger partial charge in [-0.2, -0.15) is 0 Å². The molecule has 0 aliphatic rings. The Morgan fingerprint density at radius 3 is 2.44 bits per heavy atom. The summed E-state index contributed by atoms with van der Waals surface area (Å²) in [6.07, 6.45) is 6.42. The van der Waals surface area contributed by atoms with E-state index in [1.165, 1.54) is 0 Å². The van der Waals surface area contributed by atoms with E-state index < -0.39 is 6.10 Å². The van der Waals surface area contributed by atoms with Gasteiger partial charge in [-0.15, -0.1) is 0 Å². The molecule has 5 nitrogen and oxygen atoms in total. The molecule has 0 amide bonds. The molecule has 1 aromatic heterocycles. The smallest absolute Gasteiger partial charge is 0.0771 e. The van der Waals surface area contributed by atoms with Gasteiger partial charge < -0.3 is 15.5 Å². The van der Waals surface area contributed by atoms with Crippen molar-refractivity contribution in [1.29, 1.82) is 0 Å². The number of aliphatic hydroxyl groups excluding tert-OH is 2. The lowest BCUT2D eigenvalue weighted by Crippen LogP contribution is -2.41. The van der Waals surface area contributed by atoms with Crippen molar-refractivity contribution in [2.24, 2.45) is 0 Å². The fourth-order valence-corrected chi connectivity index (χ4v) is 1.74. The lowest BCUT2D eigenvalue weighted by atomic mass is 10.1. The molecule has 0 aromatic carbocycles. The molecule has 1 rings (SSSR count). The van der Waals surface area contributed by atoms with E-state index in [-0.39, 0.29) is 12.6 Å². The second kappa shape index (κ2) is 8.13. The fourth-order valence-electron chi connectivity index (χ4n) is 1.74. The first-order valence-corrected chi connectivity index (χ1v) is 6.47. The van der Waals surface area contributed by atoms with Gasteiger partial charge in [0.15, 0.2) is 0 Å². The molecule has 0 bridgehead atoms. The number of rotatable bonds is 8. The Hall–Kier alpha value is -1.04. The summed E-state index contributed by atoms with van der Waals surface area (Å²) in [5.74, 6) is 0. The lowest BCUT2D eigenvalue weighted by molar-refractivity contribution is 0.0934. The summed E-state index contributed by atoms with van der Waals surface area (Å²) in [6.45, 7) is 2.05. The third kappa shape index (κ3) is 4.68. The number of aryl methyl sites for hydroxylation is 1. The van der Waals surface area contributed by atoms with Crippen LogP contribution in [0.2, 0.25) is 0 Å². The van der Waals surface area contributed by atoms with Gasteiger partial charge in [0.2, 0.25) is 0 Å². The Morgan fingerprint density at radius 1 is 1.28 bits per heavy atom. The molecule has 5 heteroatoms. The van der Waals surface area contributed by atoms with E-state index in [4.69, 9.17) is 5.11 Å². The molecule has 102 valence electrons. The van der Waals surface area contributed by atoms with Crippen LogP contribution in [-0.4, -0.2) is 46.0 Å². The first kappa shape index (κ1) is 15.0. The fraction of sp³-hybridized carbons (Fsp3) is 0.692. The van der Waals surface area contributed by atoms with Crippen molar-refractivity contribution in [2.45, 2.75) is 44.8 Å². The van der Waals surface area contributed by atoms with Crippen molar-refractivity contribution >= 4 is 0 Å². The third-order valence-corrected chi connectivity index (χ3v) is 3.00. The monoisotopic (exact) mass is 253 g/mol. The van der Waals surface area contributed by atoms with Crippen LogP contribution in [0.3, 0.4) is 0 Å². The van der Waals surface area contributed by atoms with Crippen LogP contribution in [-0.2, 0) is 12.8 Å². The highest BCUT2D eigenvalue weighted by molar-refractivity contribution is 5.04. The third-order valence-electron chi connectivity index (χ3n) is 3.00. The minimum Gasteiger partial charge on any atom is -0.395 e. The highest BCUT2D eigenvalue weighted by atomic mass is 16.3. The number of aliphatic hydroxyl groups is 2. The Bertz CT molecular complexity index is 326. The first-order valence-electron chi connectivity index (χ1n) is 6.47. The average Bonchev–Trinajstić information content (AvgIpc) is 2.39. The van der Waals surface area contributed by atoms with E-state index in [1.54, 1.807) is 19.4 Å². The van der Waals surface area contributed by atoms with Crippen LogP contribution < -0.4 is 5.32 Å². The predicted molar refractivity (Wildman–Crippen MR) is 70.3 cm³/mol. The normalized spacial score (nSPS) is 14.4. The largest absolute Gasteiger partial charge is 0.395 e. The number of hydrogen-bond acceptors (Lipinski definition) is 5. The zero-order valence-electron chi connectivity index (χ0n) is 11.1. The van der Waals surface area contributed by atoms with Crippen LogP contribution >= 0.6 is 0 Å². The van der Waals surface area contributed by atoms with Crippen LogP contribution in [0.4, 0.5) is 0 Å². The van der Waals surface area contributed by atoms with Crippen molar-refractivity contribution in [3.63, 3.8) is 0 Å². The number of aromatic nitrogens is 2. The summed E-state index contributed by atoms with van der Waals surface area (Å²) >= 11 is 0. The van der Waals surface area contributed by atoms with Gasteiger partial charge in [0.05, 0.1) is 30.1 Å². The molecular weight excluding hydrogens is 230 g/mol. The lowest BCUT2D eigenvalue weighted by Gasteiger charge is -2.19. The molecule has 3 N–H and O–H groups in total. The molecule has 0 saturated carbocycles. The number of nitrogens with zero attached hydrogens (tertiary/aromatic N) is 2. The van der Waals surface area contributed by atoms with Gasteiger partial charge in [-0.25, -0.2) is 0 Å². The minimum atomic E-state index is -0.657. The molecule has 0 spiro atoms. The van der Waals surface area contributed by atoms with Crippen molar-refractivity contribution in [3.05, 3.63) is 23.8 Å². The Labute approximate surface area is 108 Å². The van der Waals surface area contributed by atoms with Gasteiger partial charge in [0, 0.05) is 18.8 Å². The highest BCUT2D eigenvalue weighted by Crippen LogP contribution is 2.05. The molecule has 0 fully saturated rings. The number of likely N-dealkylation sites (N-methyl/N-ethyl adjacent to an activating group) is 1. The van der Waals surface area contributed by atoms with Gasteiger partial charge in [0.1, 0.15) is 0 Å². The molecule has 1 aromatic rings. The molecule has 2 atom stereocenters. The summed E-state index contributed by atoms with van der Waals surface area (Å²) < 4.78 is 0. The Kier molecular flexibility index (Phi) is 6.78.